The van der Waals surface area contributed by atoms with Crippen LogP contribution in [-0.4, -0.2) is 43.8 Å². The minimum Gasteiger partial charge on any atom is -0.325 e. The first-order valence-electron chi connectivity index (χ1n) is 8.99. The van der Waals surface area contributed by atoms with Crippen LogP contribution in [0.1, 0.15) is 39.2 Å². The Morgan fingerprint density at radius 2 is 2.04 bits per heavy atom. The Morgan fingerprint density at radius 1 is 1.27 bits per heavy atom. The van der Waals surface area contributed by atoms with E-state index >= 15 is 0 Å². The highest BCUT2D eigenvalue weighted by atomic mass is 32.2. The lowest BCUT2D eigenvalue weighted by Crippen LogP contribution is -2.49. The summed E-state index contributed by atoms with van der Waals surface area (Å²) in [5, 5.41) is 5.84. The van der Waals surface area contributed by atoms with Gasteiger partial charge in [0, 0.05) is 17.8 Å². The van der Waals surface area contributed by atoms with Crippen molar-refractivity contribution in [2.75, 3.05) is 25.0 Å². The highest BCUT2D eigenvalue weighted by Gasteiger charge is 2.36. The van der Waals surface area contributed by atoms with Crippen LogP contribution < -0.4 is 10.6 Å². The van der Waals surface area contributed by atoms with E-state index in [9.17, 15) is 13.2 Å². The van der Waals surface area contributed by atoms with E-state index in [2.05, 4.69) is 10.6 Å². The Bertz CT molecular complexity index is 757. The number of hydrogen-bond acceptors (Lipinski definition) is 4. The van der Waals surface area contributed by atoms with Crippen molar-refractivity contribution in [3.05, 3.63) is 42.0 Å². The van der Waals surface area contributed by atoms with Crippen LogP contribution in [0.5, 0.6) is 0 Å². The van der Waals surface area contributed by atoms with Crippen LogP contribution in [0.15, 0.2) is 36.4 Å². The van der Waals surface area contributed by atoms with Gasteiger partial charge in [-0.05, 0) is 50.9 Å². The number of anilines is 1. The molecule has 7 heteroatoms. The molecule has 1 heterocycles. The first-order valence-corrected chi connectivity index (χ1v) is 10.6. The van der Waals surface area contributed by atoms with Gasteiger partial charge < -0.3 is 10.6 Å². The molecule has 0 bridgehead atoms. The number of rotatable bonds is 8. The molecule has 26 heavy (non-hydrogen) atoms. The molecule has 1 amide bonds. The molecule has 1 aromatic carbocycles. The van der Waals surface area contributed by atoms with Crippen LogP contribution in [0.25, 0.3) is 0 Å². The van der Waals surface area contributed by atoms with E-state index in [-0.39, 0.29) is 18.2 Å². The summed E-state index contributed by atoms with van der Waals surface area (Å²) >= 11 is 0. The molecular weight excluding hydrogens is 350 g/mol. The van der Waals surface area contributed by atoms with Crippen molar-refractivity contribution in [2.45, 2.75) is 44.9 Å². The maximum absolute atomic E-state index is 12.9. The maximum Gasteiger partial charge on any atom is 0.238 e. The standard InChI is InChI=1S/C19H29N3O3S/c1-4-11-20-14-18(23)21-17-9-7-8-16(13-17)15-26(24,25)22-12-6-5-10-19(22,2)3/h5-9,13,20H,4,10-12,14-15H2,1-3H3,(H,21,23). The molecule has 0 unspecified atom stereocenters. The van der Waals surface area contributed by atoms with Crippen molar-refractivity contribution in [2.24, 2.45) is 0 Å². The number of nitrogens with zero attached hydrogens (tertiary/aromatic N) is 1. The van der Waals surface area contributed by atoms with Gasteiger partial charge in [-0.3, -0.25) is 4.79 Å². The van der Waals surface area contributed by atoms with E-state index in [4.69, 9.17) is 0 Å². The third-order valence-electron chi connectivity index (χ3n) is 4.34. The molecule has 144 valence electrons. The number of carbonyl (C=O) groups excluding carboxylic acids is 1. The van der Waals surface area contributed by atoms with Crippen molar-refractivity contribution in [1.82, 2.24) is 9.62 Å². The van der Waals surface area contributed by atoms with E-state index in [0.717, 1.165) is 13.0 Å². The van der Waals surface area contributed by atoms with Crippen molar-refractivity contribution in [3.63, 3.8) is 0 Å². The molecule has 1 aliphatic rings. The fourth-order valence-electron chi connectivity index (χ4n) is 2.99. The summed E-state index contributed by atoms with van der Waals surface area (Å²) in [5.41, 5.74) is 0.845. The second-order valence-electron chi connectivity index (χ2n) is 7.20. The average molecular weight is 380 g/mol. The number of sulfonamides is 1. The Labute approximate surface area is 156 Å². The van der Waals surface area contributed by atoms with Crippen molar-refractivity contribution in [3.8, 4) is 0 Å². The highest BCUT2D eigenvalue weighted by Crippen LogP contribution is 2.28. The number of amides is 1. The largest absolute Gasteiger partial charge is 0.325 e. The zero-order valence-electron chi connectivity index (χ0n) is 15.8. The molecule has 1 aliphatic heterocycles. The molecule has 0 saturated carbocycles. The van der Waals surface area contributed by atoms with Crippen LogP contribution in [0.2, 0.25) is 0 Å². The molecule has 1 aromatic rings. The number of carbonyl (C=O) groups is 1. The number of benzene rings is 1. The van der Waals surface area contributed by atoms with E-state index in [1.165, 1.54) is 0 Å². The fourth-order valence-corrected chi connectivity index (χ4v) is 4.89. The lowest BCUT2D eigenvalue weighted by Gasteiger charge is -2.38. The SMILES string of the molecule is CCCNCC(=O)Nc1cccc(CS(=O)(=O)N2CC=CCC2(C)C)c1. The first-order chi connectivity index (χ1) is 12.2. The molecule has 0 aliphatic carbocycles. The smallest absolute Gasteiger partial charge is 0.238 e. The van der Waals surface area contributed by atoms with Gasteiger partial charge in [0.25, 0.3) is 0 Å². The Morgan fingerprint density at radius 3 is 2.73 bits per heavy atom. The van der Waals surface area contributed by atoms with Crippen LogP contribution in [0.4, 0.5) is 5.69 Å². The quantitative estimate of drug-likeness (QED) is 0.537. The normalized spacial score (nSPS) is 17.2. The van der Waals surface area contributed by atoms with Gasteiger partial charge in [-0.15, -0.1) is 0 Å². The number of hydrogen-bond donors (Lipinski definition) is 2. The van der Waals surface area contributed by atoms with Crippen LogP contribution in [-0.2, 0) is 20.6 Å². The topological polar surface area (TPSA) is 78.5 Å². The van der Waals surface area contributed by atoms with Crippen molar-refractivity contribution < 1.29 is 13.2 Å². The summed E-state index contributed by atoms with van der Waals surface area (Å²) in [5.74, 6) is -0.219. The molecule has 0 radical (unpaired) electrons. The average Bonchev–Trinajstić information content (AvgIpc) is 2.54. The van der Waals surface area contributed by atoms with Gasteiger partial charge in [-0.1, -0.05) is 31.2 Å². The summed E-state index contributed by atoms with van der Waals surface area (Å²) < 4.78 is 27.3. The second kappa shape index (κ2) is 8.79. The Hall–Kier alpha value is -1.70. The third-order valence-corrected chi connectivity index (χ3v) is 6.35. The summed E-state index contributed by atoms with van der Waals surface area (Å²) in [6, 6.07) is 7.03. The molecule has 0 aromatic heterocycles. The maximum atomic E-state index is 12.9. The van der Waals surface area contributed by atoms with Gasteiger partial charge in [0.15, 0.2) is 0 Å². The Kier molecular flexibility index (Phi) is 6.97. The zero-order chi connectivity index (χ0) is 19.2. The number of nitrogens with one attached hydrogen (secondary N) is 2. The molecule has 2 N–H and O–H groups in total. The summed E-state index contributed by atoms with van der Waals surface area (Å²) in [4.78, 5) is 11.9. The molecule has 6 nitrogen and oxygen atoms in total. The molecule has 0 fully saturated rings. The van der Waals surface area contributed by atoms with Gasteiger partial charge in [0.2, 0.25) is 15.9 Å². The van der Waals surface area contributed by atoms with Crippen molar-refractivity contribution in [1.29, 1.82) is 0 Å². The van der Waals surface area contributed by atoms with E-state index in [1.807, 2.05) is 32.9 Å². The summed E-state index contributed by atoms with van der Waals surface area (Å²) in [6.45, 7) is 7.33. The van der Waals surface area contributed by atoms with Gasteiger partial charge in [0.1, 0.15) is 0 Å². The van der Waals surface area contributed by atoms with Gasteiger partial charge in [-0.2, -0.15) is 4.31 Å². The lowest BCUT2D eigenvalue weighted by molar-refractivity contribution is -0.115. The van der Waals surface area contributed by atoms with Crippen molar-refractivity contribution >= 4 is 21.6 Å². The molecular formula is C19H29N3O3S. The predicted molar refractivity (Wildman–Crippen MR) is 105 cm³/mol. The summed E-state index contributed by atoms with van der Waals surface area (Å²) in [7, 11) is -3.45. The predicted octanol–water partition coefficient (Wildman–Crippen LogP) is 2.50. The molecule has 0 spiro atoms. The van der Waals surface area contributed by atoms with Gasteiger partial charge in [0.05, 0.1) is 12.3 Å². The molecule has 0 saturated heterocycles. The molecule has 2 rings (SSSR count). The monoisotopic (exact) mass is 379 g/mol. The minimum atomic E-state index is -3.45. The second-order valence-corrected chi connectivity index (χ2v) is 9.09. The van der Waals surface area contributed by atoms with Crippen LogP contribution in [0, 0.1) is 0 Å². The van der Waals surface area contributed by atoms with Crippen LogP contribution in [0.3, 0.4) is 0 Å². The Balaban J connectivity index is 2.05. The van der Waals surface area contributed by atoms with Crippen LogP contribution >= 0.6 is 0 Å². The van der Waals surface area contributed by atoms with Gasteiger partial charge in [-0.25, -0.2) is 8.42 Å². The molecule has 0 atom stereocenters. The lowest BCUT2D eigenvalue weighted by atomic mass is 9.98. The fraction of sp³-hybridized carbons (Fsp3) is 0.526. The van der Waals surface area contributed by atoms with Gasteiger partial charge >= 0.3 is 0 Å². The zero-order valence-corrected chi connectivity index (χ0v) is 16.6. The van der Waals surface area contributed by atoms with E-state index in [0.29, 0.717) is 24.2 Å². The minimum absolute atomic E-state index is 0.0813. The highest BCUT2D eigenvalue weighted by molar-refractivity contribution is 7.88. The first kappa shape index (κ1) is 20.6. The summed E-state index contributed by atoms with van der Waals surface area (Å²) in [6.07, 6.45) is 5.58. The van der Waals surface area contributed by atoms with E-state index < -0.39 is 15.6 Å². The van der Waals surface area contributed by atoms with E-state index in [1.54, 1.807) is 28.6 Å². The third kappa shape index (κ3) is 5.65.